The van der Waals surface area contributed by atoms with Crippen molar-refractivity contribution in [1.82, 2.24) is 21.3 Å². The molecule has 1 heterocycles. The number of hydrogen-bond donors (Lipinski definition) is 8. The first kappa shape index (κ1) is 44.9. The van der Waals surface area contributed by atoms with Gasteiger partial charge < -0.3 is 60.6 Å². The molecule has 1 aliphatic rings. The molecular formula is C46H64N4O8. The fraction of sp³-hybridized carbons (Fsp3) is 0.478. The minimum Gasteiger partial charge on any atom is -0.507 e. The molecule has 8 bridgehead atoms. The van der Waals surface area contributed by atoms with Crippen molar-refractivity contribution in [3.63, 3.8) is 0 Å². The largest absolute Gasteiger partial charge is 0.507 e. The number of nitrogens with one attached hydrogen (secondary N) is 4. The number of fused-ring (bicyclic) bond motifs is 8. The molecule has 8 N–H and O–H groups in total. The van der Waals surface area contributed by atoms with Gasteiger partial charge in [-0.2, -0.15) is 0 Å². The van der Waals surface area contributed by atoms with Crippen LogP contribution in [0.1, 0.15) is 66.8 Å². The van der Waals surface area contributed by atoms with E-state index in [2.05, 4.69) is 21.3 Å². The number of ether oxygens (including phenoxy) is 4. The van der Waals surface area contributed by atoms with E-state index in [9.17, 15) is 20.4 Å². The van der Waals surface area contributed by atoms with E-state index in [-0.39, 0.29) is 23.0 Å². The highest BCUT2D eigenvalue weighted by Crippen LogP contribution is 2.33. The normalized spacial score (nSPS) is 17.2. The average molecular weight is 801 g/mol. The molecule has 58 heavy (non-hydrogen) atoms. The van der Waals surface area contributed by atoms with E-state index in [0.717, 1.165) is 66.8 Å². The second-order valence-electron chi connectivity index (χ2n) is 15.2. The molecule has 0 amide bonds. The average Bonchev–Trinajstić information content (AvgIpc) is 3.18. The van der Waals surface area contributed by atoms with Gasteiger partial charge in [-0.25, -0.2) is 0 Å². The summed E-state index contributed by atoms with van der Waals surface area (Å²) >= 11 is 0. The van der Waals surface area contributed by atoms with Crippen molar-refractivity contribution in [3.05, 3.63) is 115 Å². The van der Waals surface area contributed by atoms with Crippen molar-refractivity contribution in [3.8, 4) is 23.0 Å². The van der Waals surface area contributed by atoms with Gasteiger partial charge in [-0.3, -0.25) is 0 Å². The summed E-state index contributed by atoms with van der Waals surface area (Å²) < 4.78 is 23.0. The first-order valence-electron chi connectivity index (χ1n) is 20.5. The van der Waals surface area contributed by atoms with Gasteiger partial charge in [0.1, 0.15) is 23.0 Å². The smallest absolute Gasteiger partial charge is 0.123 e. The summed E-state index contributed by atoms with van der Waals surface area (Å²) in [5.41, 5.74) is 10.4. The predicted molar refractivity (Wildman–Crippen MR) is 227 cm³/mol. The van der Waals surface area contributed by atoms with Crippen LogP contribution in [0.3, 0.4) is 0 Å². The Hall–Kier alpha value is -4.24. The third kappa shape index (κ3) is 14.0. The Kier molecular flexibility index (Phi) is 18.1. The molecular weight excluding hydrogens is 737 g/mol. The lowest BCUT2D eigenvalue weighted by Crippen LogP contribution is -2.22. The summed E-state index contributed by atoms with van der Waals surface area (Å²) in [7, 11) is 0. The summed E-state index contributed by atoms with van der Waals surface area (Å²) in [6, 6.07) is 15.8. The number of aromatic hydroxyl groups is 4. The van der Waals surface area contributed by atoms with Gasteiger partial charge in [-0.05, 0) is 49.9 Å². The highest BCUT2D eigenvalue weighted by molar-refractivity contribution is 5.52. The van der Waals surface area contributed by atoms with Crippen LogP contribution in [-0.2, 0) is 58.0 Å². The molecule has 4 aromatic carbocycles. The van der Waals surface area contributed by atoms with E-state index in [0.29, 0.717) is 118 Å². The number of phenolic OH excluding ortho intramolecular Hbond substituents is 4. The maximum Gasteiger partial charge on any atom is 0.123 e. The number of benzene rings is 4. The fourth-order valence-electron chi connectivity index (χ4n) is 7.34. The minimum absolute atomic E-state index is 0.233. The van der Waals surface area contributed by atoms with E-state index < -0.39 is 0 Å². The fourth-order valence-corrected chi connectivity index (χ4v) is 7.34. The van der Waals surface area contributed by atoms with Crippen LogP contribution in [-0.4, -0.2) is 99.5 Å². The van der Waals surface area contributed by atoms with Crippen LogP contribution in [0.4, 0.5) is 0 Å². The molecule has 0 fully saturated rings. The van der Waals surface area contributed by atoms with Crippen molar-refractivity contribution in [2.75, 3.05) is 79.0 Å². The molecule has 316 valence electrons. The van der Waals surface area contributed by atoms with Crippen LogP contribution in [0.15, 0.2) is 48.5 Å². The molecule has 0 saturated heterocycles. The van der Waals surface area contributed by atoms with E-state index in [1.54, 1.807) is 0 Å². The Morgan fingerprint density at radius 3 is 0.759 bits per heavy atom. The Morgan fingerprint density at radius 2 is 0.534 bits per heavy atom. The highest BCUT2D eigenvalue weighted by Gasteiger charge is 2.16. The number of hydrogen-bond acceptors (Lipinski definition) is 12. The topological polar surface area (TPSA) is 166 Å². The zero-order valence-electron chi connectivity index (χ0n) is 34.8. The first-order valence-corrected chi connectivity index (χ1v) is 20.5. The maximum absolute atomic E-state index is 11.2. The Morgan fingerprint density at radius 1 is 0.328 bits per heavy atom. The Bertz CT molecular complexity index is 1650. The lowest BCUT2D eigenvalue weighted by molar-refractivity contribution is 0.0497. The van der Waals surface area contributed by atoms with Crippen LogP contribution in [0.25, 0.3) is 0 Å². The molecule has 0 spiro atoms. The van der Waals surface area contributed by atoms with Gasteiger partial charge in [0, 0.05) is 87.5 Å². The van der Waals surface area contributed by atoms with Crippen LogP contribution in [0.2, 0.25) is 0 Å². The molecule has 5 rings (SSSR count). The van der Waals surface area contributed by atoms with E-state index in [1.165, 1.54) is 0 Å². The summed E-state index contributed by atoms with van der Waals surface area (Å²) in [6.45, 7) is 16.3. The lowest BCUT2D eigenvalue weighted by Gasteiger charge is -2.16. The first-order chi connectivity index (χ1) is 28.1. The lowest BCUT2D eigenvalue weighted by atomic mass is 9.95. The molecule has 1 aliphatic heterocycles. The molecule has 0 unspecified atom stereocenters. The zero-order chi connectivity index (χ0) is 41.3. The zero-order valence-corrected chi connectivity index (χ0v) is 34.8. The molecule has 0 aliphatic carbocycles. The Labute approximate surface area is 343 Å². The van der Waals surface area contributed by atoms with Gasteiger partial charge in [0.25, 0.3) is 0 Å². The SMILES string of the molecule is Cc1cc2c(O)c(c1)Cc1cc(C)cc(c1O)CNCCOCCOCCNCc1cc(C)cc(c1O)Cc1cc(C)cc(c1O)CNCCOCCOCCNC2. The molecule has 0 atom stereocenters. The van der Waals surface area contributed by atoms with Gasteiger partial charge in [0.15, 0.2) is 0 Å². The Balaban J connectivity index is 1.18. The van der Waals surface area contributed by atoms with Crippen molar-refractivity contribution in [2.45, 2.75) is 66.7 Å². The molecule has 0 radical (unpaired) electrons. The minimum atomic E-state index is 0.233. The van der Waals surface area contributed by atoms with Gasteiger partial charge in [-0.15, -0.1) is 0 Å². The third-order valence-electron chi connectivity index (χ3n) is 10.1. The van der Waals surface area contributed by atoms with Gasteiger partial charge in [-0.1, -0.05) is 70.8 Å². The molecule has 4 aromatic rings. The van der Waals surface area contributed by atoms with Crippen LogP contribution in [0.5, 0.6) is 23.0 Å². The standard InChI is InChI=1S/C46H64N4O8/c1-31-17-35-25-36-18-32(2)22-40(44(36)52)28-48-6-10-57-15-16-58-12-8-50-30-42-24-34(4)20-38(46(42)54)26-37-19-33(3)23-41(45(37)53)29-49-7-11-56-14-13-55-9-5-47-27-39(21-31)43(35)51/h17-24,47-54H,5-16,25-30H2,1-4H3. The second kappa shape index (κ2) is 23.4. The summed E-state index contributed by atoms with van der Waals surface area (Å²) in [4.78, 5) is 0. The quantitative estimate of drug-likeness (QED) is 0.119. The summed E-state index contributed by atoms with van der Waals surface area (Å²) in [5.74, 6) is 0.932. The molecule has 0 saturated carbocycles. The maximum atomic E-state index is 11.2. The van der Waals surface area contributed by atoms with E-state index in [1.807, 2.05) is 76.2 Å². The second-order valence-corrected chi connectivity index (χ2v) is 15.2. The van der Waals surface area contributed by atoms with Crippen LogP contribution >= 0.6 is 0 Å². The molecule has 0 aromatic heterocycles. The predicted octanol–water partition coefficient (Wildman–Crippen LogP) is 5.06. The molecule has 12 heteroatoms. The van der Waals surface area contributed by atoms with E-state index in [4.69, 9.17) is 18.9 Å². The number of phenols is 4. The van der Waals surface area contributed by atoms with Crippen molar-refractivity contribution in [1.29, 1.82) is 0 Å². The highest BCUT2D eigenvalue weighted by atomic mass is 16.5. The summed E-state index contributed by atoms with van der Waals surface area (Å²) in [5, 5.41) is 58.3. The van der Waals surface area contributed by atoms with Crippen molar-refractivity contribution >= 4 is 0 Å². The molecule has 12 nitrogen and oxygen atoms in total. The van der Waals surface area contributed by atoms with Crippen LogP contribution < -0.4 is 21.3 Å². The number of aryl methyl sites for hydroxylation is 4. The number of rotatable bonds is 0. The van der Waals surface area contributed by atoms with Crippen molar-refractivity contribution in [2.24, 2.45) is 0 Å². The summed E-state index contributed by atoms with van der Waals surface area (Å²) in [6.07, 6.45) is 0.811. The van der Waals surface area contributed by atoms with Gasteiger partial charge in [0.2, 0.25) is 0 Å². The van der Waals surface area contributed by atoms with Gasteiger partial charge in [0.05, 0.1) is 52.9 Å². The monoisotopic (exact) mass is 800 g/mol. The van der Waals surface area contributed by atoms with Gasteiger partial charge >= 0.3 is 0 Å². The van der Waals surface area contributed by atoms with Crippen LogP contribution in [0, 0.1) is 27.7 Å². The van der Waals surface area contributed by atoms with E-state index >= 15 is 0 Å². The third-order valence-corrected chi connectivity index (χ3v) is 10.1. The van der Waals surface area contributed by atoms with Crippen molar-refractivity contribution < 1.29 is 39.4 Å².